The number of pyridine rings is 1. The summed E-state index contributed by atoms with van der Waals surface area (Å²) in [4.78, 5) is 12.7. The van der Waals surface area contributed by atoms with Crippen LogP contribution >= 0.6 is 0 Å². The molecule has 3 aromatic heterocycles. The number of rotatable bonds is 6. The molecule has 0 unspecified atom stereocenters. The molecule has 0 saturated carbocycles. The van der Waals surface area contributed by atoms with Crippen molar-refractivity contribution < 1.29 is 9.26 Å². The number of hydrogen-bond donors (Lipinski definition) is 1. The fourth-order valence-electron chi connectivity index (χ4n) is 2.13. The van der Waals surface area contributed by atoms with Gasteiger partial charge < -0.3 is 14.6 Å². The van der Waals surface area contributed by atoms with E-state index in [-0.39, 0.29) is 0 Å². The molecule has 7 nitrogen and oxygen atoms in total. The van der Waals surface area contributed by atoms with Crippen molar-refractivity contribution in [3.05, 3.63) is 36.0 Å². The van der Waals surface area contributed by atoms with E-state index in [2.05, 4.69) is 25.4 Å². The lowest BCUT2D eigenvalue weighted by atomic mass is 10.3. The van der Waals surface area contributed by atoms with E-state index in [1.54, 1.807) is 12.4 Å². The van der Waals surface area contributed by atoms with E-state index in [1.165, 1.54) is 0 Å². The molecule has 1 N–H and O–H groups in total. The number of fused-ring (bicyclic) bond motifs is 1. The molecule has 0 atom stereocenters. The second-order valence-electron chi connectivity index (χ2n) is 4.89. The summed E-state index contributed by atoms with van der Waals surface area (Å²) in [5, 5.41) is 8.06. The molecule has 3 heterocycles. The second-order valence-corrected chi connectivity index (χ2v) is 4.89. The fourth-order valence-corrected chi connectivity index (χ4v) is 2.13. The van der Waals surface area contributed by atoms with Crippen molar-refractivity contribution in [3.8, 4) is 5.75 Å². The van der Waals surface area contributed by atoms with Crippen LogP contribution in [-0.2, 0) is 0 Å². The summed E-state index contributed by atoms with van der Waals surface area (Å²) < 4.78 is 10.8. The number of nitrogens with one attached hydrogen (secondary N) is 1. The van der Waals surface area contributed by atoms with Gasteiger partial charge in [0.25, 0.3) is 5.71 Å². The van der Waals surface area contributed by atoms with Gasteiger partial charge in [-0.1, -0.05) is 5.16 Å². The van der Waals surface area contributed by atoms with Gasteiger partial charge in [0.2, 0.25) is 0 Å². The third-order valence-corrected chi connectivity index (χ3v) is 3.14. The zero-order valence-corrected chi connectivity index (χ0v) is 12.5. The Balaban J connectivity index is 1.57. The average Bonchev–Trinajstić information content (AvgIpc) is 2.89. The van der Waals surface area contributed by atoms with Gasteiger partial charge in [-0.3, -0.25) is 4.98 Å². The summed E-state index contributed by atoms with van der Waals surface area (Å²) >= 11 is 0. The van der Waals surface area contributed by atoms with Crippen LogP contribution in [0, 0.1) is 13.8 Å². The quantitative estimate of drug-likeness (QED) is 0.700. The summed E-state index contributed by atoms with van der Waals surface area (Å²) in [5.41, 5.74) is 1.29. The van der Waals surface area contributed by atoms with Crippen LogP contribution in [0.25, 0.3) is 11.1 Å². The Bertz CT molecular complexity index is 757. The third-order valence-electron chi connectivity index (χ3n) is 3.14. The Labute approximate surface area is 127 Å². The van der Waals surface area contributed by atoms with E-state index in [0.29, 0.717) is 18.1 Å². The van der Waals surface area contributed by atoms with Crippen LogP contribution in [0.4, 0.5) is 5.82 Å². The molecule has 0 aromatic carbocycles. The van der Waals surface area contributed by atoms with E-state index in [1.807, 2.05) is 26.0 Å². The first-order chi connectivity index (χ1) is 10.7. The van der Waals surface area contributed by atoms with E-state index in [9.17, 15) is 0 Å². The van der Waals surface area contributed by atoms with Crippen molar-refractivity contribution in [1.82, 2.24) is 20.1 Å². The molecule has 0 saturated heterocycles. The molecule has 0 spiro atoms. The van der Waals surface area contributed by atoms with Crippen LogP contribution < -0.4 is 10.1 Å². The lowest BCUT2D eigenvalue weighted by Gasteiger charge is -2.08. The molecule has 0 aliphatic heterocycles. The Hall–Kier alpha value is -2.70. The first-order valence-electron chi connectivity index (χ1n) is 7.11. The predicted octanol–water partition coefficient (Wildman–Crippen LogP) is 2.51. The topological polar surface area (TPSA) is 86.0 Å². The Kier molecular flexibility index (Phi) is 4.13. The minimum absolute atomic E-state index is 0.513. The molecule has 0 radical (unpaired) electrons. The van der Waals surface area contributed by atoms with Crippen LogP contribution in [0.5, 0.6) is 5.75 Å². The van der Waals surface area contributed by atoms with Gasteiger partial charge in [-0.15, -0.1) is 0 Å². The standard InChI is InChI=1S/C15H17N5O2/c1-10-13-14(18-11(2)19-15(13)22-20-10)17-7-4-8-21-12-5-3-6-16-9-12/h3,5-6,9H,4,7-8H2,1-2H3,(H,17,18,19). The van der Waals surface area contributed by atoms with Gasteiger partial charge in [0.15, 0.2) is 0 Å². The molecule has 0 aliphatic rings. The van der Waals surface area contributed by atoms with Crippen molar-refractivity contribution in [1.29, 1.82) is 0 Å². The molecular formula is C15H17N5O2. The summed E-state index contributed by atoms with van der Waals surface area (Å²) in [6, 6.07) is 3.74. The second kappa shape index (κ2) is 6.38. The summed E-state index contributed by atoms with van der Waals surface area (Å²) in [5.74, 6) is 2.18. The molecule has 0 bridgehead atoms. The molecule has 3 aromatic rings. The van der Waals surface area contributed by atoms with E-state index in [4.69, 9.17) is 9.26 Å². The Morgan fingerprint density at radius 2 is 2.18 bits per heavy atom. The van der Waals surface area contributed by atoms with Crippen molar-refractivity contribution >= 4 is 16.9 Å². The maximum atomic E-state index is 5.60. The lowest BCUT2D eigenvalue weighted by Crippen LogP contribution is -2.09. The smallest absolute Gasteiger partial charge is 0.263 e. The Morgan fingerprint density at radius 3 is 3.00 bits per heavy atom. The normalized spacial score (nSPS) is 10.8. The zero-order chi connectivity index (χ0) is 15.4. The number of anilines is 1. The molecule has 114 valence electrons. The summed E-state index contributed by atoms with van der Waals surface area (Å²) in [6.07, 6.45) is 4.26. The van der Waals surface area contributed by atoms with Crippen LogP contribution in [0.1, 0.15) is 17.9 Å². The average molecular weight is 299 g/mol. The number of aromatic nitrogens is 4. The first-order valence-corrected chi connectivity index (χ1v) is 7.11. The molecule has 0 fully saturated rings. The summed E-state index contributed by atoms with van der Waals surface area (Å²) in [6.45, 7) is 5.04. The van der Waals surface area contributed by atoms with Crippen molar-refractivity contribution in [2.75, 3.05) is 18.5 Å². The zero-order valence-electron chi connectivity index (χ0n) is 12.5. The monoisotopic (exact) mass is 299 g/mol. The largest absolute Gasteiger partial charge is 0.492 e. The SMILES string of the molecule is Cc1nc(NCCCOc2cccnc2)c2c(C)noc2n1. The number of ether oxygens (including phenoxy) is 1. The molecule has 0 aliphatic carbocycles. The van der Waals surface area contributed by atoms with Gasteiger partial charge in [-0.05, 0) is 32.4 Å². The first kappa shape index (κ1) is 14.2. The van der Waals surface area contributed by atoms with Gasteiger partial charge in [0.1, 0.15) is 22.8 Å². The van der Waals surface area contributed by atoms with Crippen molar-refractivity contribution in [2.24, 2.45) is 0 Å². The van der Waals surface area contributed by atoms with Gasteiger partial charge >= 0.3 is 0 Å². The highest BCUT2D eigenvalue weighted by molar-refractivity contribution is 5.87. The summed E-state index contributed by atoms with van der Waals surface area (Å²) in [7, 11) is 0. The van der Waals surface area contributed by atoms with Crippen molar-refractivity contribution in [2.45, 2.75) is 20.3 Å². The van der Waals surface area contributed by atoms with E-state index >= 15 is 0 Å². The van der Waals surface area contributed by atoms with Crippen LogP contribution in [0.15, 0.2) is 29.0 Å². The number of nitrogens with zero attached hydrogens (tertiary/aromatic N) is 4. The van der Waals surface area contributed by atoms with Crippen LogP contribution in [-0.4, -0.2) is 33.3 Å². The van der Waals surface area contributed by atoms with Crippen LogP contribution in [0.3, 0.4) is 0 Å². The maximum absolute atomic E-state index is 5.60. The lowest BCUT2D eigenvalue weighted by molar-refractivity contribution is 0.314. The van der Waals surface area contributed by atoms with E-state index < -0.39 is 0 Å². The minimum Gasteiger partial charge on any atom is -0.492 e. The van der Waals surface area contributed by atoms with Gasteiger partial charge in [0, 0.05) is 12.7 Å². The molecule has 0 amide bonds. The van der Waals surface area contributed by atoms with Crippen molar-refractivity contribution in [3.63, 3.8) is 0 Å². The molecule has 3 rings (SSSR count). The Morgan fingerprint density at radius 1 is 1.27 bits per heavy atom. The molecule has 7 heteroatoms. The number of hydrogen-bond acceptors (Lipinski definition) is 7. The molecule has 22 heavy (non-hydrogen) atoms. The van der Waals surface area contributed by atoms with Gasteiger partial charge in [-0.2, -0.15) is 4.98 Å². The van der Waals surface area contributed by atoms with Crippen LogP contribution in [0.2, 0.25) is 0 Å². The number of aryl methyl sites for hydroxylation is 2. The highest BCUT2D eigenvalue weighted by atomic mass is 16.5. The van der Waals surface area contributed by atoms with Gasteiger partial charge in [0.05, 0.1) is 18.5 Å². The highest BCUT2D eigenvalue weighted by Crippen LogP contribution is 2.23. The maximum Gasteiger partial charge on any atom is 0.263 e. The fraction of sp³-hybridized carbons (Fsp3) is 0.333. The third kappa shape index (κ3) is 3.13. The molecular weight excluding hydrogens is 282 g/mol. The van der Waals surface area contributed by atoms with E-state index in [0.717, 1.165) is 35.6 Å². The predicted molar refractivity (Wildman–Crippen MR) is 81.9 cm³/mol. The van der Waals surface area contributed by atoms with Gasteiger partial charge in [-0.25, -0.2) is 4.98 Å². The minimum atomic E-state index is 0.513. The highest BCUT2D eigenvalue weighted by Gasteiger charge is 2.13.